The predicted molar refractivity (Wildman–Crippen MR) is 169 cm³/mol. The van der Waals surface area contributed by atoms with Crippen LogP contribution in [0.4, 0.5) is 11.6 Å². The highest BCUT2D eigenvalue weighted by molar-refractivity contribution is 7.99. The number of aryl methyl sites for hydroxylation is 2. The predicted octanol–water partition coefficient (Wildman–Crippen LogP) is 7.22. The highest BCUT2D eigenvalue weighted by atomic mass is 32.2. The van der Waals surface area contributed by atoms with Gasteiger partial charge in [-0.15, -0.1) is 5.10 Å². The van der Waals surface area contributed by atoms with E-state index in [2.05, 4.69) is 36.6 Å². The zero-order valence-corrected chi connectivity index (χ0v) is 25.8. The normalized spacial score (nSPS) is 14.3. The van der Waals surface area contributed by atoms with Crippen molar-refractivity contribution in [1.29, 1.82) is 0 Å². The Labute approximate surface area is 251 Å². The average molecular weight is 584 g/mol. The molecule has 0 aliphatic carbocycles. The number of fused-ring (bicyclic) bond motifs is 1. The molecule has 8 nitrogen and oxygen atoms in total. The molecule has 0 saturated carbocycles. The first-order valence-electron chi connectivity index (χ1n) is 14.2. The van der Waals surface area contributed by atoms with E-state index in [0.29, 0.717) is 47.1 Å². The number of rotatable bonds is 10. The summed E-state index contributed by atoms with van der Waals surface area (Å²) in [6.45, 7) is 12.9. The van der Waals surface area contributed by atoms with E-state index in [-0.39, 0.29) is 5.91 Å². The van der Waals surface area contributed by atoms with Gasteiger partial charge in [-0.3, -0.25) is 4.79 Å². The molecule has 4 aromatic rings. The van der Waals surface area contributed by atoms with Gasteiger partial charge in [-0.2, -0.15) is 4.98 Å². The van der Waals surface area contributed by atoms with Crippen LogP contribution in [0.1, 0.15) is 54.6 Å². The van der Waals surface area contributed by atoms with Crippen molar-refractivity contribution in [3.05, 3.63) is 99.8 Å². The lowest BCUT2D eigenvalue weighted by atomic mass is 9.94. The van der Waals surface area contributed by atoms with E-state index in [1.807, 2.05) is 76.2 Å². The lowest BCUT2D eigenvalue weighted by molar-refractivity contribution is -0.113. The molecule has 3 aromatic carbocycles. The lowest BCUT2D eigenvalue weighted by Crippen LogP contribution is -2.31. The maximum Gasteiger partial charge on any atom is 0.255 e. The van der Waals surface area contributed by atoms with E-state index in [0.717, 1.165) is 33.7 Å². The number of nitrogens with one attached hydrogen (secondary N) is 2. The first kappa shape index (κ1) is 29.3. The smallest absolute Gasteiger partial charge is 0.255 e. The van der Waals surface area contributed by atoms with Gasteiger partial charge in [-0.05, 0) is 80.8 Å². The fraction of sp³-hybridized carbons (Fsp3) is 0.303. The number of thioether (sulfide) groups is 1. The van der Waals surface area contributed by atoms with Crippen LogP contribution >= 0.6 is 11.8 Å². The van der Waals surface area contributed by atoms with E-state index < -0.39 is 6.04 Å². The van der Waals surface area contributed by atoms with Crippen LogP contribution in [0.15, 0.2) is 77.1 Å². The minimum atomic E-state index is -0.532. The largest absolute Gasteiger partial charge is 0.490 e. The minimum absolute atomic E-state index is 0.206. The highest BCUT2D eigenvalue weighted by Gasteiger charge is 2.35. The van der Waals surface area contributed by atoms with Gasteiger partial charge in [-0.1, -0.05) is 66.7 Å². The van der Waals surface area contributed by atoms with E-state index in [4.69, 9.17) is 19.6 Å². The third-order valence-electron chi connectivity index (χ3n) is 7.26. The summed E-state index contributed by atoms with van der Waals surface area (Å²) in [5.74, 6) is 2.47. The monoisotopic (exact) mass is 583 g/mol. The number of benzene rings is 3. The van der Waals surface area contributed by atoms with Crippen LogP contribution in [0, 0.1) is 20.8 Å². The van der Waals surface area contributed by atoms with E-state index >= 15 is 0 Å². The number of hydrogen-bond donors (Lipinski definition) is 2. The second-order valence-electron chi connectivity index (χ2n) is 10.3. The van der Waals surface area contributed by atoms with Crippen molar-refractivity contribution in [1.82, 2.24) is 14.8 Å². The van der Waals surface area contributed by atoms with Gasteiger partial charge >= 0.3 is 0 Å². The molecule has 1 amide bonds. The van der Waals surface area contributed by atoms with Crippen molar-refractivity contribution in [2.75, 3.05) is 23.0 Å². The zero-order chi connectivity index (χ0) is 29.8. The van der Waals surface area contributed by atoms with Crippen molar-refractivity contribution < 1.29 is 14.3 Å². The molecule has 0 bridgehead atoms. The molecule has 1 aliphatic rings. The Morgan fingerprint density at radius 2 is 1.81 bits per heavy atom. The average Bonchev–Trinajstić information content (AvgIpc) is 3.36. The summed E-state index contributed by atoms with van der Waals surface area (Å²) in [7, 11) is 0. The molecule has 1 aliphatic heterocycles. The van der Waals surface area contributed by atoms with Crippen LogP contribution < -0.4 is 20.1 Å². The SMILES string of the molecule is CCOc1cc(C2C(C(=O)Nc3cccc(C)c3C)=C(C)Nc3nc(SCC)nn32)ccc1OCc1cccc(C)c1. The van der Waals surface area contributed by atoms with Gasteiger partial charge in [0.1, 0.15) is 12.6 Å². The molecule has 218 valence electrons. The molecule has 1 unspecified atom stereocenters. The Morgan fingerprint density at radius 3 is 2.57 bits per heavy atom. The maximum atomic E-state index is 14.0. The van der Waals surface area contributed by atoms with E-state index in [1.54, 1.807) is 16.4 Å². The lowest BCUT2D eigenvalue weighted by Gasteiger charge is -2.29. The van der Waals surface area contributed by atoms with E-state index in [9.17, 15) is 4.79 Å². The topological polar surface area (TPSA) is 90.3 Å². The van der Waals surface area contributed by atoms with Crippen molar-refractivity contribution in [3.63, 3.8) is 0 Å². The summed E-state index contributed by atoms with van der Waals surface area (Å²) >= 11 is 1.56. The highest BCUT2D eigenvalue weighted by Crippen LogP contribution is 2.40. The summed E-state index contributed by atoms with van der Waals surface area (Å²) in [6, 6.07) is 19.4. The summed E-state index contributed by atoms with van der Waals surface area (Å²) in [4.78, 5) is 18.7. The quantitative estimate of drug-likeness (QED) is 0.191. The molecule has 0 radical (unpaired) electrons. The Kier molecular flexibility index (Phi) is 8.87. The molecular weight excluding hydrogens is 546 g/mol. The second-order valence-corrected chi connectivity index (χ2v) is 11.5. The first-order chi connectivity index (χ1) is 20.3. The number of aromatic nitrogens is 3. The Hall–Kier alpha value is -4.24. The molecule has 0 spiro atoms. The molecule has 2 N–H and O–H groups in total. The Morgan fingerprint density at radius 1 is 1.00 bits per heavy atom. The third-order valence-corrected chi connectivity index (χ3v) is 7.98. The number of anilines is 2. The molecule has 42 heavy (non-hydrogen) atoms. The zero-order valence-electron chi connectivity index (χ0n) is 24.9. The summed E-state index contributed by atoms with van der Waals surface area (Å²) < 4.78 is 14.1. The second kappa shape index (κ2) is 12.7. The van der Waals surface area contributed by atoms with Gasteiger partial charge in [0.05, 0.1) is 12.2 Å². The number of nitrogens with zero attached hydrogens (tertiary/aromatic N) is 3. The minimum Gasteiger partial charge on any atom is -0.490 e. The number of allylic oxidation sites excluding steroid dienone is 1. The Balaban J connectivity index is 1.54. The molecule has 0 fully saturated rings. The third kappa shape index (κ3) is 6.16. The van der Waals surface area contributed by atoms with Gasteiger partial charge in [0.15, 0.2) is 11.5 Å². The van der Waals surface area contributed by atoms with Gasteiger partial charge in [0.25, 0.3) is 5.91 Å². The van der Waals surface area contributed by atoms with Gasteiger partial charge in [0, 0.05) is 11.4 Å². The number of amides is 1. The molecular formula is C33H37N5O3S. The molecule has 2 heterocycles. The molecule has 1 aromatic heterocycles. The fourth-order valence-corrected chi connectivity index (χ4v) is 5.60. The van der Waals surface area contributed by atoms with E-state index in [1.165, 1.54) is 5.56 Å². The van der Waals surface area contributed by atoms with Gasteiger partial charge in [-0.25, -0.2) is 4.68 Å². The molecule has 1 atom stereocenters. The molecule has 9 heteroatoms. The maximum absolute atomic E-state index is 14.0. The van der Waals surface area contributed by atoms with Gasteiger partial charge in [0.2, 0.25) is 11.1 Å². The number of carbonyl (C=O) groups is 1. The standard InChI is InChI=1S/C33H37N5O3S/c1-7-40-28-18-25(15-16-27(28)41-19-24-13-9-11-20(3)17-24)30-29(31(39)35-26-14-10-12-21(4)22(26)5)23(6)34-32-36-33(42-8-2)37-38(30)32/h9-18,30H,7-8,19H2,1-6H3,(H,35,39)(H,34,36,37). The fourth-order valence-electron chi connectivity index (χ4n) is 5.05. The van der Waals surface area contributed by atoms with Crippen LogP contribution in [-0.4, -0.2) is 33.0 Å². The van der Waals surface area contributed by atoms with Gasteiger partial charge < -0.3 is 20.1 Å². The number of carbonyl (C=O) groups excluding carboxylic acids is 1. The number of hydrogen-bond acceptors (Lipinski definition) is 7. The van der Waals surface area contributed by atoms with Crippen LogP contribution in [0.2, 0.25) is 0 Å². The molecule has 0 saturated heterocycles. The van der Waals surface area contributed by atoms with Crippen LogP contribution in [0.3, 0.4) is 0 Å². The molecule has 5 rings (SSSR count). The Bertz CT molecular complexity index is 1640. The van der Waals surface area contributed by atoms with Crippen molar-refractivity contribution in [2.24, 2.45) is 0 Å². The van der Waals surface area contributed by atoms with Crippen LogP contribution in [-0.2, 0) is 11.4 Å². The van der Waals surface area contributed by atoms with Crippen molar-refractivity contribution >= 4 is 29.3 Å². The summed E-state index contributed by atoms with van der Waals surface area (Å²) in [6.07, 6.45) is 0. The van der Waals surface area contributed by atoms with Crippen molar-refractivity contribution in [2.45, 2.75) is 59.3 Å². The van der Waals surface area contributed by atoms with Crippen LogP contribution in [0.25, 0.3) is 0 Å². The number of ether oxygens (including phenoxy) is 2. The summed E-state index contributed by atoms with van der Waals surface area (Å²) in [5.41, 5.74) is 7.29. The summed E-state index contributed by atoms with van der Waals surface area (Å²) in [5, 5.41) is 11.9. The van der Waals surface area contributed by atoms with Crippen molar-refractivity contribution in [3.8, 4) is 11.5 Å². The first-order valence-corrected chi connectivity index (χ1v) is 15.2. The van der Waals surface area contributed by atoms with Crippen LogP contribution in [0.5, 0.6) is 11.5 Å².